The van der Waals surface area contributed by atoms with Crippen LogP contribution in [0.25, 0.3) is 0 Å². The van der Waals surface area contributed by atoms with Crippen molar-refractivity contribution >= 4 is 21.6 Å². The van der Waals surface area contributed by atoms with E-state index >= 15 is 0 Å². The van der Waals surface area contributed by atoms with Crippen LogP contribution in [0.1, 0.15) is 85.6 Å². The zero-order valence-corrected chi connectivity index (χ0v) is 22.3. The van der Waals surface area contributed by atoms with E-state index in [9.17, 15) is 13.2 Å². The molecule has 0 spiro atoms. The summed E-state index contributed by atoms with van der Waals surface area (Å²) in [5, 5.41) is 2.97. The van der Waals surface area contributed by atoms with Crippen LogP contribution in [0, 0.1) is 0 Å². The van der Waals surface area contributed by atoms with Gasteiger partial charge in [0.15, 0.2) is 9.84 Å². The Kier molecular flexibility index (Phi) is 9.65. The predicted molar refractivity (Wildman–Crippen MR) is 137 cm³/mol. The number of sulfone groups is 1. The van der Waals surface area contributed by atoms with Gasteiger partial charge in [-0.25, -0.2) is 13.2 Å². The molecule has 0 bridgehead atoms. The molecule has 7 heteroatoms. The van der Waals surface area contributed by atoms with Gasteiger partial charge >= 0.3 is 6.09 Å². The smallest absolute Gasteiger partial charge is 0.407 e. The van der Waals surface area contributed by atoms with Crippen LogP contribution in [0.2, 0.25) is 0 Å². The van der Waals surface area contributed by atoms with Gasteiger partial charge in [0, 0.05) is 18.8 Å². The highest BCUT2D eigenvalue weighted by molar-refractivity contribution is 7.92. The van der Waals surface area contributed by atoms with Crippen LogP contribution in [-0.4, -0.2) is 49.7 Å². The highest BCUT2D eigenvalue weighted by atomic mass is 32.2. The van der Waals surface area contributed by atoms with Crippen molar-refractivity contribution in [3.8, 4) is 0 Å². The number of alkyl carbamates (subject to hydrolysis) is 1. The molecule has 1 fully saturated rings. The molecule has 0 saturated carbocycles. The van der Waals surface area contributed by atoms with Gasteiger partial charge < -0.3 is 15.0 Å². The molecule has 0 aliphatic carbocycles. The molecular weight excluding hydrogens is 436 g/mol. The summed E-state index contributed by atoms with van der Waals surface area (Å²) in [5.41, 5.74) is 2.04. The summed E-state index contributed by atoms with van der Waals surface area (Å²) in [7, 11) is -2.99. The Morgan fingerprint density at radius 1 is 1.00 bits per heavy atom. The minimum absolute atomic E-state index is 0.109. The quantitative estimate of drug-likeness (QED) is 0.448. The van der Waals surface area contributed by atoms with Crippen molar-refractivity contribution in [3.63, 3.8) is 0 Å². The summed E-state index contributed by atoms with van der Waals surface area (Å²) in [5.74, 6) is 0.294. The number of carbonyl (C=O) groups is 1. The number of rotatable bonds is 10. The van der Waals surface area contributed by atoms with Crippen molar-refractivity contribution in [3.05, 3.63) is 29.8 Å². The zero-order valence-electron chi connectivity index (χ0n) is 21.4. The molecule has 1 unspecified atom stereocenters. The van der Waals surface area contributed by atoms with E-state index in [0.717, 1.165) is 58.0 Å². The highest BCUT2D eigenvalue weighted by Gasteiger charge is 2.28. The van der Waals surface area contributed by atoms with Gasteiger partial charge in [-0.05, 0) is 84.9 Å². The number of hydrogen-bond donors (Lipinski definition) is 1. The van der Waals surface area contributed by atoms with Crippen molar-refractivity contribution < 1.29 is 17.9 Å². The highest BCUT2D eigenvalue weighted by Crippen LogP contribution is 2.22. The predicted octanol–water partition coefficient (Wildman–Crippen LogP) is 5.50. The lowest BCUT2D eigenvalue weighted by molar-refractivity contribution is 0.0509. The normalized spacial score (nSPS) is 17.3. The SMILES string of the molecule is CC(C)(C)OC(=O)NC1CCN(c2ccc(CCCCCCCS(=O)(=O)C(C)(C)C)cc2)C1. The number of carbonyl (C=O) groups excluding carboxylic acids is 1. The van der Waals surface area contributed by atoms with Crippen LogP contribution in [-0.2, 0) is 21.0 Å². The number of unbranched alkanes of at least 4 members (excludes halogenated alkanes) is 4. The Morgan fingerprint density at radius 3 is 2.21 bits per heavy atom. The molecule has 6 nitrogen and oxygen atoms in total. The van der Waals surface area contributed by atoms with E-state index in [2.05, 4.69) is 34.5 Å². The van der Waals surface area contributed by atoms with E-state index in [0.29, 0.717) is 5.75 Å². The second-order valence-electron chi connectivity index (χ2n) is 11.2. The molecule has 1 heterocycles. The molecule has 188 valence electrons. The van der Waals surface area contributed by atoms with Crippen LogP contribution in [0.5, 0.6) is 0 Å². The molecular formula is C26H44N2O4S. The number of aryl methyl sites for hydroxylation is 1. The first kappa shape index (κ1) is 27.5. The third-order valence-electron chi connectivity index (χ3n) is 6.02. The Bertz CT molecular complexity index is 852. The second kappa shape index (κ2) is 11.6. The van der Waals surface area contributed by atoms with E-state index in [1.807, 2.05) is 20.8 Å². The van der Waals surface area contributed by atoms with Crippen molar-refractivity contribution in [2.45, 2.75) is 103 Å². The number of nitrogens with zero attached hydrogens (tertiary/aromatic N) is 1. The van der Waals surface area contributed by atoms with Gasteiger partial charge in [-0.2, -0.15) is 0 Å². The van der Waals surface area contributed by atoms with E-state index in [1.165, 1.54) is 11.3 Å². The number of ether oxygens (including phenoxy) is 1. The van der Waals surface area contributed by atoms with E-state index < -0.39 is 20.2 Å². The summed E-state index contributed by atoms with van der Waals surface area (Å²) in [6.45, 7) is 12.7. The average molecular weight is 481 g/mol. The molecule has 1 aromatic rings. The maximum Gasteiger partial charge on any atom is 0.407 e. The topological polar surface area (TPSA) is 75.7 Å². The fourth-order valence-electron chi connectivity index (χ4n) is 3.92. The number of benzene rings is 1. The van der Waals surface area contributed by atoms with E-state index in [1.54, 1.807) is 20.8 Å². The summed E-state index contributed by atoms with van der Waals surface area (Å²) in [4.78, 5) is 14.3. The molecule has 33 heavy (non-hydrogen) atoms. The lowest BCUT2D eigenvalue weighted by Crippen LogP contribution is -2.40. The monoisotopic (exact) mass is 480 g/mol. The zero-order chi connectivity index (χ0) is 24.7. The molecule has 2 rings (SSSR count). The van der Waals surface area contributed by atoms with E-state index in [-0.39, 0.29) is 12.1 Å². The first-order valence-corrected chi connectivity index (χ1v) is 14.0. The van der Waals surface area contributed by atoms with Gasteiger partial charge in [-0.1, -0.05) is 31.4 Å². The van der Waals surface area contributed by atoms with Gasteiger partial charge in [0.2, 0.25) is 0 Å². The van der Waals surface area contributed by atoms with Gasteiger partial charge in [0.05, 0.1) is 16.5 Å². The number of nitrogens with one attached hydrogen (secondary N) is 1. The average Bonchev–Trinajstić information content (AvgIpc) is 3.13. The van der Waals surface area contributed by atoms with Gasteiger partial charge in [-0.15, -0.1) is 0 Å². The second-order valence-corrected chi connectivity index (χ2v) is 14.1. The molecule has 1 atom stereocenters. The standard InChI is InChI=1S/C26H44N2O4S/c1-25(2,3)32-24(29)27-22-17-18-28(20-22)23-15-13-21(14-16-23)12-10-8-7-9-11-19-33(30,31)26(4,5)6/h13-16,22H,7-12,17-20H2,1-6H3,(H,27,29). The summed E-state index contributed by atoms with van der Waals surface area (Å²) in [6, 6.07) is 8.84. The van der Waals surface area contributed by atoms with Crippen molar-refractivity contribution in [2.75, 3.05) is 23.7 Å². The Morgan fingerprint density at radius 2 is 1.61 bits per heavy atom. The van der Waals surface area contributed by atoms with E-state index in [4.69, 9.17) is 4.74 Å². The fraction of sp³-hybridized carbons (Fsp3) is 0.731. The maximum atomic E-state index is 12.1. The lowest BCUT2D eigenvalue weighted by Gasteiger charge is -2.22. The fourth-order valence-corrected chi connectivity index (χ4v) is 5.11. The minimum Gasteiger partial charge on any atom is -0.444 e. The van der Waals surface area contributed by atoms with Crippen LogP contribution in [0.3, 0.4) is 0 Å². The maximum absolute atomic E-state index is 12.1. The Labute approximate surface area is 201 Å². The van der Waals surface area contributed by atoms with Crippen LogP contribution < -0.4 is 10.2 Å². The summed E-state index contributed by atoms with van der Waals surface area (Å²) >= 11 is 0. The van der Waals surface area contributed by atoms with Crippen LogP contribution in [0.15, 0.2) is 24.3 Å². The van der Waals surface area contributed by atoms with Gasteiger partial charge in [0.1, 0.15) is 5.60 Å². The molecule has 1 saturated heterocycles. The number of anilines is 1. The molecule has 0 radical (unpaired) electrons. The van der Waals surface area contributed by atoms with Crippen LogP contribution in [0.4, 0.5) is 10.5 Å². The Balaban J connectivity index is 1.65. The largest absolute Gasteiger partial charge is 0.444 e. The number of amides is 1. The number of hydrogen-bond acceptors (Lipinski definition) is 5. The van der Waals surface area contributed by atoms with Gasteiger partial charge in [-0.3, -0.25) is 0 Å². The van der Waals surface area contributed by atoms with Crippen molar-refractivity contribution in [2.24, 2.45) is 0 Å². The third-order valence-corrected chi connectivity index (χ3v) is 8.71. The third kappa shape index (κ3) is 9.55. The molecule has 1 aliphatic heterocycles. The molecule has 1 aliphatic rings. The molecule has 1 amide bonds. The molecule has 1 N–H and O–H groups in total. The van der Waals surface area contributed by atoms with Crippen molar-refractivity contribution in [1.29, 1.82) is 0 Å². The lowest BCUT2D eigenvalue weighted by atomic mass is 10.1. The van der Waals surface area contributed by atoms with Gasteiger partial charge in [0.25, 0.3) is 0 Å². The first-order chi connectivity index (χ1) is 15.3. The summed E-state index contributed by atoms with van der Waals surface area (Å²) < 4.78 is 29.0. The molecule has 0 aromatic heterocycles. The first-order valence-electron chi connectivity index (χ1n) is 12.3. The van der Waals surface area contributed by atoms with Crippen LogP contribution >= 0.6 is 0 Å². The summed E-state index contributed by atoms with van der Waals surface area (Å²) in [6.07, 6.45) is 6.67. The Hall–Kier alpha value is -1.76. The molecule has 1 aromatic carbocycles. The van der Waals surface area contributed by atoms with Crippen molar-refractivity contribution in [1.82, 2.24) is 5.32 Å². The minimum atomic E-state index is -2.99.